The summed E-state index contributed by atoms with van der Waals surface area (Å²) in [5, 5.41) is 13.9. The Morgan fingerprint density at radius 2 is 1.54 bits per heavy atom. The molecule has 6 nitrogen and oxygen atoms in total. The van der Waals surface area contributed by atoms with Gasteiger partial charge in [-0.15, -0.1) is 0 Å². The Hall–Kier alpha value is -1.95. The van der Waals surface area contributed by atoms with Crippen LogP contribution in [0.4, 0.5) is 5.69 Å². The summed E-state index contributed by atoms with van der Waals surface area (Å²) in [7, 11) is 0. The maximum atomic E-state index is 12.6. The number of hydrogen-bond acceptors (Lipinski definition) is 4. The molecule has 3 aliphatic rings. The van der Waals surface area contributed by atoms with Gasteiger partial charge in [-0.3, -0.25) is 19.8 Å². The number of carbonyl (C=O) groups is 1. The van der Waals surface area contributed by atoms with E-state index in [1.165, 1.54) is 57.1 Å². The van der Waals surface area contributed by atoms with Gasteiger partial charge >= 0.3 is 0 Å². The van der Waals surface area contributed by atoms with Gasteiger partial charge in [-0.05, 0) is 50.7 Å². The van der Waals surface area contributed by atoms with E-state index in [0.717, 1.165) is 18.9 Å². The van der Waals surface area contributed by atoms with Crippen LogP contribution in [0.15, 0.2) is 24.3 Å². The molecule has 0 unspecified atom stereocenters. The molecule has 6 heteroatoms. The Bertz CT molecular complexity index is 655. The zero-order chi connectivity index (χ0) is 18.1. The van der Waals surface area contributed by atoms with Gasteiger partial charge in [0.2, 0.25) is 0 Å². The molecule has 1 N–H and O–H groups in total. The number of piperidine rings is 2. The van der Waals surface area contributed by atoms with Crippen LogP contribution in [-0.2, 0) is 0 Å². The monoisotopic (exact) mass is 357 g/mol. The zero-order valence-corrected chi connectivity index (χ0v) is 15.1. The lowest BCUT2D eigenvalue weighted by Crippen LogP contribution is -2.59. The van der Waals surface area contributed by atoms with Gasteiger partial charge in [0.15, 0.2) is 0 Å². The van der Waals surface area contributed by atoms with Gasteiger partial charge in [-0.25, -0.2) is 0 Å². The standard InChI is InChI=1S/C20H27N3O3/c24-20(14-8-10-17(11-9-14)23(25)26)21-15-12-18-6-3-7-19(13-15)22(18)16-4-1-2-5-16/h8-11,15-16,18-19H,1-7,12-13H2,(H,21,24)/t18-,19-/m1/s1. The summed E-state index contributed by atoms with van der Waals surface area (Å²) in [4.78, 5) is 25.7. The first-order valence-electron chi connectivity index (χ1n) is 9.94. The minimum atomic E-state index is -0.443. The number of non-ortho nitro benzene ring substituents is 1. The molecule has 1 aromatic rings. The van der Waals surface area contributed by atoms with Crippen molar-refractivity contribution in [2.45, 2.75) is 82.0 Å². The minimum Gasteiger partial charge on any atom is -0.349 e. The molecule has 2 saturated heterocycles. The van der Waals surface area contributed by atoms with E-state index in [1.807, 2.05) is 0 Å². The van der Waals surface area contributed by atoms with E-state index in [-0.39, 0.29) is 17.6 Å². The second-order valence-electron chi connectivity index (χ2n) is 8.07. The molecule has 0 radical (unpaired) electrons. The summed E-state index contributed by atoms with van der Waals surface area (Å²) in [5.41, 5.74) is 0.514. The van der Waals surface area contributed by atoms with Gasteiger partial charge in [0.05, 0.1) is 4.92 Å². The summed E-state index contributed by atoms with van der Waals surface area (Å²) in [6.07, 6.45) is 11.3. The number of nitro benzene ring substituents is 1. The molecule has 2 bridgehead atoms. The molecule has 1 amide bonds. The van der Waals surface area contributed by atoms with Gasteiger partial charge < -0.3 is 5.32 Å². The molecule has 2 aliphatic heterocycles. The van der Waals surface area contributed by atoms with Crippen LogP contribution in [0.1, 0.15) is 68.1 Å². The van der Waals surface area contributed by atoms with E-state index >= 15 is 0 Å². The largest absolute Gasteiger partial charge is 0.349 e. The predicted molar refractivity (Wildman–Crippen MR) is 99.1 cm³/mol. The fraction of sp³-hybridized carbons (Fsp3) is 0.650. The molecular weight excluding hydrogens is 330 g/mol. The number of hydrogen-bond donors (Lipinski definition) is 1. The van der Waals surface area contributed by atoms with Crippen LogP contribution in [0.5, 0.6) is 0 Å². The number of rotatable bonds is 4. The number of nitrogens with zero attached hydrogens (tertiary/aromatic N) is 2. The smallest absolute Gasteiger partial charge is 0.269 e. The van der Waals surface area contributed by atoms with Crippen molar-refractivity contribution in [3.05, 3.63) is 39.9 Å². The summed E-state index contributed by atoms with van der Waals surface area (Å²) < 4.78 is 0. The molecule has 0 aromatic heterocycles. The Labute approximate surface area is 154 Å². The predicted octanol–water partition coefficient (Wildman–Crippen LogP) is 3.65. The van der Waals surface area contributed by atoms with Crippen molar-refractivity contribution in [3.8, 4) is 0 Å². The second-order valence-corrected chi connectivity index (χ2v) is 8.07. The first-order valence-corrected chi connectivity index (χ1v) is 9.94. The highest BCUT2D eigenvalue weighted by Gasteiger charge is 2.42. The first kappa shape index (κ1) is 17.5. The number of carbonyl (C=O) groups excluding carboxylic acids is 1. The SMILES string of the molecule is O=C(NC1C[C@H]2CCC[C@H](C1)N2C1CCCC1)c1ccc([N+](=O)[O-])cc1. The maximum Gasteiger partial charge on any atom is 0.269 e. The minimum absolute atomic E-state index is 0.0148. The number of amides is 1. The average Bonchev–Trinajstić information content (AvgIpc) is 3.15. The lowest BCUT2D eigenvalue weighted by molar-refractivity contribution is -0.384. The Balaban J connectivity index is 1.40. The normalized spacial score (nSPS) is 29.5. The van der Waals surface area contributed by atoms with E-state index in [1.54, 1.807) is 12.1 Å². The van der Waals surface area contributed by atoms with Crippen LogP contribution in [0.25, 0.3) is 0 Å². The van der Waals surface area contributed by atoms with Crippen molar-refractivity contribution in [2.24, 2.45) is 0 Å². The molecule has 2 heterocycles. The van der Waals surface area contributed by atoms with Crippen LogP contribution in [0, 0.1) is 10.1 Å². The fourth-order valence-electron chi connectivity index (χ4n) is 5.34. The zero-order valence-electron chi connectivity index (χ0n) is 15.1. The van der Waals surface area contributed by atoms with E-state index in [4.69, 9.17) is 0 Å². The van der Waals surface area contributed by atoms with Crippen molar-refractivity contribution in [3.63, 3.8) is 0 Å². The molecular formula is C20H27N3O3. The van der Waals surface area contributed by atoms with Gasteiger partial charge in [-0.2, -0.15) is 0 Å². The highest BCUT2D eigenvalue weighted by Crippen LogP contribution is 2.39. The van der Waals surface area contributed by atoms with Crippen LogP contribution < -0.4 is 5.32 Å². The summed E-state index contributed by atoms with van der Waals surface area (Å²) >= 11 is 0. The third-order valence-electron chi connectivity index (χ3n) is 6.45. The quantitative estimate of drug-likeness (QED) is 0.659. The Morgan fingerprint density at radius 1 is 0.962 bits per heavy atom. The molecule has 26 heavy (non-hydrogen) atoms. The van der Waals surface area contributed by atoms with Crippen molar-refractivity contribution in [1.29, 1.82) is 0 Å². The number of nitrogens with one attached hydrogen (secondary N) is 1. The van der Waals surface area contributed by atoms with Gasteiger partial charge in [0, 0.05) is 41.9 Å². The van der Waals surface area contributed by atoms with Crippen LogP contribution in [-0.4, -0.2) is 39.9 Å². The molecule has 3 fully saturated rings. The highest BCUT2D eigenvalue weighted by molar-refractivity contribution is 5.94. The Morgan fingerprint density at radius 3 is 2.12 bits per heavy atom. The van der Waals surface area contributed by atoms with E-state index < -0.39 is 4.92 Å². The van der Waals surface area contributed by atoms with E-state index in [9.17, 15) is 14.9 Å². The van der Waals surface area contributed by atoms with Gasteiger partial charge in [-0.1, -0.05) is 19.3 Å². The van der Waals surface area contributed by atoms with Crippen LogP contribution in [0.2, 0.25) is 0 Å². The molecule has 1 saturated carbocycles. The molecule has 2 atom stereocenters. The van der Waals surface area contributed by atoms with Crippen molar-refractivity contribution in [2.75, 3.05) is 0 Å². The van der Waals surface area contributed by atoms with Crippen molar-refractivity contribution < 1.29 is 9.72 Å². The highest BCUT2D eigenvalue weighted by atomic mass is 16.6. The van der Waals surface area contributed by atoms with Crippen molar-refractivity contribution >= 4 is 11.6 Å². The molecule has 1 aromatic carbocycles. The van der Waals surface area contributed by atoms with E-state index in [2.05, 4.69) is 10.2 Å². The first-order chi connectivity index (χ1) is 12.6. The van der Waals surface area contributed by atoms with Gasteiger partial charge in [0.1, 0.15) is 0 Å². The lowest BCUT2D eigenvalue weighted by atomic mass is 9.80. The third-order valence-corrected chi connectivity index (χ3v) is 6.45. The number of fused-ring (bicyclic) bond motifs is 2. The molecule has 140 valence electrons. The molecule has 0 spiro atoms. The topological polar surface area (TPSA) is 75.5 Å². The second kappa shape index (κ2) is 7.35. The Kier molecular flexibility index (Phi) is 4.94. The van der Waals surface area contributed by atoms with Crippen LogP contribution in [0.3, 0.4) is 0 Å². The summed E-state index contributed by atoms with van der Waals surface area (Å²) in [6, 6.07) is 8.06. The van der Waals surface area contributed by atoms with Crippen molar-refractivity contribution in [1.82, 2.24) is 10.2 Å². The maximum absolute atomic E-state index is 12.6. The average molecular weight is 357 g/mol. The molecule has 4 rings (SSSR count). The van der Waals surface area contributed by atoms with Crippen LogP contribution >= 0.6 is 0 Å². The fourth-order valence-corrected chi connectivity index (χ4v) is 5.34. The lowest BCUT2D eigenvalue weighted by Gasteiger charge is -2.51. The number of benzene rings is 1. The summed E-state index contributed by atoms with van der Waals surface area (Å²) in [5.74, 6) is -0.114. The van der Waals surface area contributed by atoms with Gasteiger partial charge in [0.25, 0.3) is 11.6 Å². The third kappa shape index (κ3) is 3.47. The summed E-state index contributed by atoms with van der Waals surface area (Å²) in [6.45, 7) is 0. The molecule has 1 aliphatic carbocycles. The number of nitro groups is 1. The van der Waals surface area contributed by atoms with E-state index in [0.29, 0.717) is 17.6 Å².